The molecule has 0 saturated carbocycles. The molecular weight excluding hydrogens is 360 g/mol. The first kappa shape index (κ1) is 26.6. The van der Waals surface area contributed by atoms with Crippen LogP contribution in [0.15, 0.2) is 0 Å². The van der Waals surface area contributed by atoms with Crippen molar-refractivity contribution >= 4 is 0 Å². The van der Waals surface area contributed by atoms with Crippen LogP contribution in [0.4, 0.5) is 0 Å². The Bertz CT molecular complexity index is 287. The van der Waals surface area contributed by atoms with E-state index in [1.165, 1.54) is 0 Å². The van der Waals surface area contributed by atoms with Crippen LogP contribution in [0.1, 0.15) is 20.8 Å². The molecule has 27 heavy (non-hydrogen) atoms. The minimum absolute atomic E-state index is 0.0199. The minimum Gasteiger partial charge on any atom is -0.394 e. The largest absolute Gasteiger partial charge is 0.394 e. The van der Waals surface area contributed by atoms with E-state index >= 15 is 0 Å². The SMILES string of the molecule is CC(COCCO)OCC(COC(C)COCCO)OC(C)COCCO. The summed E-state index contributed by atoms with van der Waals surface area (Å²) in [6.07, 6.45) is -0.781. The van der Waals surface area contributed by atoms with Crippen molar-refractivity contribution in [3.63, 3.8) is 0 Å². The maximum absolute atomic E-state index is 8.77. The number of aliphatic hydroxyl groups is 3. The third-order valence-corrected chi connectivity index (χ3v) is 3.32. The van der Waals surface area contributed by atoms with Crippen LogP contribution in [0.25, 0.3) is 0 Å². The Labute approximate surface area is 162 Å². The molecule has 0 heterocycles. The van der Waals surface area contributed by atoms with E-state index in [2.05, 4.69) is 0 Å². The van der Waals surface area contributed by atoms with E-state index < -0.39 is 0 Å². The maximum atomic E-state index is 8.77. The average molecular weight is 398 g/mol. The summed E-state index contributed by atoms with van der Waals surface area (Å²) in [7, 11) is 0. The van der Waals surface area contributed by atoms with Gasteiger partial charge in [0.15, 0.2) is 0 Å². The molecule has 0 bridgehead atoms. The summed E-state index contributed by atoms with van der Waals surface area (Å²) in [6.45, 7) is 8.17. The number of ether oxygens (including phenoxy) is 6. The third kappa shape index (κ3) is 17.5. The molecule has 3 atom stereocenters. The van der Waals surface area contributed by atoms with Gasteiger partial charge in [-0.3, -0.25) is 0 Å². The van der Waals surface area contributed by atoms with Crippen molar-refractivity contribution < 1.29 is 43.7 Å². The number of hydrogen-bond donors (Lipinski definition) is 3. The van der Waals surface area contributed by atoms with Crippen LogP contribution in [0, 0.1) is 0 Å². The molecule has 0 fully saturated rings. The summed E-state index contributed by atoms with van der Waals surface area (Å²) >= 11 is 0. The van der Waals surface area contributed by atoms with Crippen LogP contribution < -0.4 is 0 Å². The molecule has 0 aromatic rings. The fraction of sp³-hybridized carbons (Fsp3) is 1.00. The lowest BCUT2D eigenvalue weighted by atomic mass is 10.3. The molecule has 0 saturated heterocycles. The van der Waals surface area contributed by atoms with Gasteiger partial charge in [-0.15, -0.1) is 0 Å². The Hall–Kier alpha value is -0.360. The van der Waals surface area contributed by atoms with Gasteiger partial charge in [-0.2, -0.15) is 0 Å². The predicted octanol–water partition coefficient (Wildman–Crippen LogP) is -0.403. The highest BCUT2D eigenvalue weighted by atomic mass is 16.6. The van der Waals surface area contributed by atoms with E-state index in [9.17, 15) is 0 Å². The Kier molecular flexibility index (Phi) is 18.7. The van der Waals surface area contributed by atoms with Crippen LogP contribution in [-0.2, 0) is 28.4 Å². The Morgan fingerprint density at radius 1 is 0.556 bits per heavy atom. The second-order valence-corrected chi connectivity index (χ2v) is 6.25. The number of aliphatic hydroxyl groups excluding tert-OH is 3. The van der Waals surface area contributed by atoms with Crippen molar-refractivity contribution in [2.75, 3.05) is 72.7 Å². The molecule has 3 unspecified atom stereocenters. The molecule has 3 N–H and O–H groups in total. The zero-order chi connectivity index (χ0) is 20.3. The topological polar surface area (TPSA) is 116 Å². The van der Waals surface area contributed by atoms with Gasteiger partial charge < -0.3 is 43.7 Å². The molecule has 9 nitrogen and oxygen atoms in total. The van der Waals surface area contributed by atoms with E-state index in [4.69, 9.17) is 43.7 Å². The van der Waals surface area contributed by atoms with Crippen molar-refractivity contribution in [2.45, 2.75) is 45.2 Å². The van der Waals surface area contributed by atoms with Crippen molar-refractivity contribution in [1.29, 1.82) is 0 Å². The van der Waals surface area contributed by atoms with Gasteiger partial charge in [0, 0.05) is 0 Å². The Balaban J connectivity index is 4.29. The number of hydrogen-bond acceptors (Lipinski definition) is 9. The molecule has 0 aliphatic rings. The molecule has 164 valence electrons. The second kappa shape index (κ2) is 19.0. The molecule has 0 aliphatic heterocycles. The fourth-order valence-electron chi connectivity index (χ4n) is 2.08. The predicted molar refractivity (Wildman–Crippen MR) is 98.9 cm³/mol. The van der Waals surface area contributed by atoms with Gasteiger partial charge in [0.25, 0.3) is 0 Å². The molecule has 0 aromatic heterocycles. The maximum Gasteiger partial charge on any atom is 0.105 e. The molecule has 0 rings (SSSR count). The lowest BCUT2D eigenvalue weighted by Gasteiger charge is -2.25. The van der Waals surface area contributed by atoms with Gasteiger partial charge in [-0.25, -0.2) is 0 Å². The molecular formula is C18H38O9. The van der Waals surface area contributed by atoms with Crippen molar-refractivity contribution in [1.82, 2.24) is 0 Å². The normalized spacial score (nSPS) is 16.2. The lowest BCUT2D eigenvalue weighted by molar-refractivity contribution is -0.133. The third-order valence-electron chi connectivity index (χ3n) is 3.32. The highest BCUT2D eigenvalue weighted by Gasteiger charge is 2.18. The van der Waals surface area contributed by atoms with Gasteiger partial charge >= 0.3 is 0 Å². The zero-order valence-electron chi connectivity index (χ0n) is 16.9. The van der Waals surface area contributed by atoms with Gasteiger partial charge in [0.2, 0.25) is 0 Å². The van der Waals surface area contributed by atoms with Gasteiger partial charge in [-0.05, 0) is 20.8 Å². The molecule has 0 radical (unpaired) electrons. The summed E-state index contributed by atoms with van der Waals surface area (Å²) in [5.41, 5.74) is 0. The lowest BCUT2D eigenvalue weighted by Crippen LogP contribution is -2.35. The van der Waals surface area contributed by atoms with E-state index in [1.807, 2.05) is 20.8 Å². The molecule has 0 amide bonds. The first-order valence-corrected chi connectivity index (χ1v) is 9.47. The summed E-state index contributed by atoms with van der Waals surface area (Å²) in [4.78, 5) is 0. The standard InChI is InChI=1S/C18H38O9/c1-15(10-22-7-4-19)25-13-18(27-17(3)12-24-9-6-21)14-26-16(2)11-23-8-5-20/h15-21H,4-14H2,1-3H3. The quantitative estimate of drug-likeness (QED) is 0.236. The smallest absolute Gasteiger partial charge is 0.105 e. The van der Waals surface area contributed by atoms with Crippen LogP contribution in [-0.4, -0.2) is 112 Å². The zero-order valence-corrected chi connectivity index (χ0v) is 16.9. The van der Waals surface area contributed by atoms with Crippen molar-refractivity contribution in [3.05, 3.63) is 0 Å². The fourth-order valence-corrected chi connectivity index (χ4v) is 2.08. The van der Waals surface area contributed by atoms with Gasteiger partial charge in [-0.1, -0.05) is 0 Å². The second-order valence-electron chi connectivity index (χ2n) is 6.25. The molecule has 0 aromatic carbocycles. The van der Waals surface area contributed by atoms with Crippen LogP contribution >= 0.6 is 0 Å². The van der Waals surface area contributed by atoms with Crippen LogP contribution in [0.2, 0.25) is 0 Å². The Morgan fingerprint density at radius 2 is 0.926 bits per heavy atom. The monoisotopic (exact) mass is 398 g/mol. The van der Waals surface area contributed by atoms with E-state index in [-0.39, 0.29) is 64.1 Å². The number of rotatable bonds is 20. The summed E-state index contributed by atoms with van der Waals surface area (Å²) in [5, 5.41) is 26.2. The molecule has 9 heteroatoms. The average Bonchev–Trinajstić information content (AvgIpc) is 2.64. The van der Waals surface area contributed by atoms with Crippen molar-refractivity contribution in [3.8, 4) is 0 Å². The minimum atomic E-state index is -0.307. The van der Waals surface area contributed by atoms with E-state index in [1.54, 1.807) is 0 Å². The van der Waals surface area contributed by atoms with Gasteiger partial charge in [0.1, 0.15) is 6.10 Å². The van der Waals surface area contributed by atoms with E-state index in [0.717, 1.165) is 0 Å². The highest BCUT2D eigenvalue weighted by molar-refractivity contribution is 4.63. The van der Waals surface area contributed by atoms with Crippen LogP contribution in [0.3, 0.4) is 0 Å². The molecule has 0 spiro atoms. The van der Waals surface area contributed by atoms with Gasteiger partial charge in [0.05, 0.1) is 91.0 Å². The summed E-state index contributed by atoms with van der Waals surface area (Å²) < 4.78 is 33.2. The summed E-state index contributed by atoms with van der Waals surface area (Å²) in [6, 6.07) is 0. The first-order chi connectivity index (χ1) is 13.0. The van der Waals surface area contributed by atoms with E-state index in [0.29, 0.717) is 33.0 Å². The first-order valence-electron chi connectivity index (χ1n) is 9.47. The molecule has 0 aliphatic carbocycles. The summed E-state index contributed by atoms with van der Waals surface area (Å²) in [5.74, 6) is 0. The van der Waals surface area contributed by atoms with Crippen molar-refractivity contribution in [2.24, 2.45) is 0 Å². The van der Waals surface area contributed by atoms with Crippen LogP contribution in [0.5, 0.6) is 0 Å². The highest BCUT2D eigenvalue weighted by Crippen LogP contribution is 2.06. The Morgan fingerprint density at radius 3 is 1.30 bits per heavy atom.